The van der Waals surface area contributed by atoms with Gasteiger partial charge in [0.2, 0.25) is 0 Å². The molecule has 2 rings (SSSR count). The molecule has 1 aromatic heterocycles. The molecule has 0 radical (unpaired) electrons. The maximum Gasteiger partial charge on any atom is 0.159 e. The van der Waals surface area contributed by atoms with Gasteiger partial charge in [0.15, 0.2) is 5.82 Å². The minimum Gasteiger partial charge on any atom is -0.494 e. The topological polar surface area (TPSA) is 44.2 Å². The molecule has 196 valence electrons. The second-order valence-corrected chi connectivity index (χ2v) is 9.90. The molecule has 1 unspecified atom stereocenters. The molecule has 4 nitrogen and oxygen atoms in total. The van der Waals surface area contributed by atoms with Crippen LogP contribution in [-0.2, 0) is 11.2 Å². The Balaban J connectivity index is 1.58. The van der Waals surface area contributed by atoms with Crippen molar-refractivity contribution >= 4 is 0 Å². The molecular weight excluding hydrogens is 432 g/mol. The molecule has 35 heavy (non-hydrogen) atoms. The van der Waals surface area contributed by atoms with Gasteiger partial charge in [0.1, 0.15) is 5.75 Å². The molecule has 0 aliphatic heterocycles. The van der Waals surface area contributed by atoms with Crippen LogP contribution < -0.4 is 4.74 Å². The van der Waals surface area contributed by atoms with Gasteiger partial charge in [-0.2, -0.15) is 0 Å². The highest BCUT2D eigenvalue weighted by molar-refractivity contribution is 5.55. The average Bonchev–Trinajstić information content (AvgIpc) is 2.88. The van der Waals surface area contributed by atoms with Crippen LogP contribution in [0.4, 0.5) is 0 Å². The molecule has 1 heterocycles. The number of ether oxygens (including phenoxy) is 2. The number of benzene rings is 1. The molecule has 1 aromatic carbocycles. The fraction of sp³-hybridized carbons (Fsp3) is 0.677. The van der Waals surface area contributed by atoms with E-state index in [4.69, 9.17) is 9.47 Å². The van der Waals surface area contributed by atoms with Gasteiger partial charge in [-0.05, 0) is 75.3 Å². The molecule has 0 spiro atoms. The van der Waals surface area contributed by atoms with Crippen molar-refractivity contribution in [2.45, 2.75) is 123 Å². The molecule has 1 atom stereocenters. The number of unbranched alkanes of at least 4 members (excludes halogenated alkanes) is 10. The molecule has 0 fully saturated rings. The summed E-state index contributed by atoms with van der Waals surface area (Å²) in [4.78, 5) is 9.20. The fourth-order valence-electron chi connectivity index (χ4n) is 4.21. The van der Waals surface area contributed by atoms with Gasteiger partial charge in [-0.1, -0.05) is 71.6 Å². The van der Waals surface area contributed by atoms with Crippen molar-refractivity contribution in [3.63, 3.8) is 0 Å². The summed E-state index contributed by atoms with van der Waals surface area (Å²) in [7, 11) is 0. The minimum absolute atomic E-state index is 0.372. The molecular formula is C31H50N2O2. The van der Waals surface area contributed by atoms with E-state index in [0.29, 0.717) is 6.10 Å². The lowest BCUT2D eigenvalue weighted by Gasteiger charge is -2.12. The summed E-state index contributed by atoms with van der Waals surface area (Å²) >= 11 is 0. The molecule has 2 aromatic rings. The fourth-order valence-corrected chi connectivity index (χ4v) is 4.21. The Morgan fingerprint density at radius 3 is 2.00 bits per heavy atom. The standard InChI is InChI=1S/C31H50N2O2/c1-4-6-8-9-10-11-12-15-18-28-25-32-31(33-26-28)29-19-21-30(22-20-29)35-24-16-13-14-17-27(3)34-23-7-5-2/h19-22,25-27H,4-18,23-24H2,1-3H3. The first-order chi connectivity index (χ1) is 17.2. The third kappa shape index (κ3) is 13.7. The average molecular weight is 483 g/mol. The third-order valence-corrected chi connectivity index (χ3v) is 6.56. The van der Waals surface area contributed by atoms with E-state index in [-0.39, 0.29) is 0 Å². The van der Waals surface area contributed by atoms with Crippen LogP contribution in [0.15, 0.2) is 36.7 Å². The zero-order valence-corrected chi connectivity index (χ0v) is 22.8. The van der Waals surface area contributed by atoms with E-state index in [1.807, 2.05) is 24.5 Å². The van der Waals surface area contributed by atoms with Crippen molar-refractivity contribution in [1.29, 1.82) is 0 Å². The molecule has 4 heteroatoms. The van der Waals surface area contributed by atoms with Gasteiger partial charge < -0.3 is 9.47 Å². The number of aromatic nitrogens is 2. The summed E-state index contributed by atoms with van der Waals surface area (Å²) < 4.78 is 11.7. The van der Waals surface area contributed by atoms with Crippen LogP contribution in [0.5, 0.6) is 5.75 Å². The number of rotatable bonds is 21. The van der Waals surface area contributed by atoms with E-state index >= 15 is 0 Å². The van der Waals surface area contributed by atoms with Gasteiger partial charge in [-0.15, -0.1) is 0 Å². The lowest BCUT2D eigenvalue weighted by molar-refractivity contribution is 0.0564. The predicted octanol–water partition coefficient (Wildman–Crippen LogP) is 8.97. The van der Waals surface area contributed by atoms with Crippen LogP contribution in [0.2, 0.25) is 0 Å². The van der Waals surface area contributed by atoms with Crippen LogP contribution in [0.1, 0.15) is 116 Å². The first-order valence-electron chi connectivity index (χ1n) is 14.4. The van der Waals surface area contributed by atoms with Crippen LogP contribution in [0.25, 0.3) is 11.4 Å². The van der Waals surface area contributed by atoms with Gasteiger partial charge in [-0.3, -0.25) is 0 Å². The van der Waals surface area contributed by atoms with Crippen molar-refractivity contribution in [1.82, 2.24) is 9.97 Å². The monoisotopic (exact) mass is 482 g/mol. The maximum atomic E-state index is 5.92. The Labute approximate surface area is 215 Å². The van der Waals surface area contributed by atoms with Gasteiger partial charge in [0.25, 0.3) is 0 Å². The molecule has 0 bridgehead atoms. The maximum absolute atomic E-state index is 5.92. The first kappa shape index (κ1) is 29.3. The number of hydrogen-bond donors (Lipinski definition) is 0. The molecule has 0 aliphatic carbocycles. The smallest absolute Gasteiger partial charge is 0.159 e. The predicted molar refractivity (Wildman–Crippen MR) is 148 cm³/mol. The highest BCUT2D eigenvalue weighted by Crippen LogP contribution is 2.20. The minimum atomic E-state index is 0.372. The molecule has 0 N–H and O–H groups in total. The Morgan fingerprint density at radius 1 is 0.686 bits per heavy atom. The van der Waals surface area contributed by atoms with Crippen molar-refractivity contribution in [2.75, 3.05) is 13.2 Å². The zero-order chi connectivity index (χ0) is 25.0. The van der Waals surface area contributed by atoms with Crippen molar-refractivity contribution < 1.29 is 9.47 Å². The quantitative estimate of drug-likeness (QED) is 0.167. The Hall–Kier alpha value is -1.94. The Kier molecular flexibility index (Phi) is 16.1. The van der Waals surface area contributed by atoms with Crippen LogP contribution in [-0.4, -0.2) is 29.3 Å². The zero-order valence-electron chi connectivity index (χ0n) is 22.8. The van der Waals surface area contributed by atoms with Crippen molar-refractivity contribution in [3.05, 3.63) is 42.2 Å². The second kappa shape index (κ2) is 19.3. The van der Waals surface area contributed by atoms with Crippen LogP contribution in [0.3, 0.4) is 0 Å². The number of hydrogen-bond acceptors (Lipinski definition) is 4. The lowest BCUT2D eigenvalue weighted by atomic mass is 10.1. The Bertz CT molecular complexity index is 746. The van der Waals surface area contributed by atoms with Crippen LogP contribution in [0, 0.1) is 0 Å². The van der Waals surface area contributed by atoms with Crippen LogP contribution >= 0.6 is 0 Å². The highest BCUT2D eigenvalue weighted by atomic mass is 16.5. The van der Waals surface area contributed by atoms with E-state index in [9.17, 15) is 0 Å². The molecule has 0 aliphatic rings. The number of nitrogens with zero attached hydrogens (tertiary/aromatic N) is 2. The first-order valence-corrected chi connectivity index (χ1v) is 14.4. The normalized spacial score (nSPS) is 12.1. The van der Waals surface area contributed by atoms with Crippen molar-refractivity contribution in [3.8, 4) is 17.1 Å². The van der Waals surface area contributed by atoms with E-state index in [0.717, 1.165) is 56.0 Å². The summed E-state index contributed by atoms with van der Waals surface area (Å²) in [5.74, 6) is 1.70. The third-order valence-electron chi connectivity index (χ3n) is 6.56. The summed E-state index contributed by atoms with van der Waals surface area (Å²) in [6.07, 6.45) is 23.1. The number of aryl methyl sites for hydroxylation is 1. The van der Waals surface area contributed by atoms with Gasteiger partial charge in [0, 0.05) is 24.6 Å². The second-order valence-electron chi connectivity index (χ2n) is 9.90. The van der Waals surface area contributed by atoms with E-state index in [2.05, 4.69) is 42.9 Å². The van der Waals surface area contributed by atoms with Gasteiger partial charge >= 0.3 is 0 Å². The summed E-state index contributed by atoms with van der Waals surface area (Å²) in [6.45, 7) is 8.31. The summed E-state index contributed by atoms with van der Waals surface area (Å²) in [5.41, 5.74) is 2.27. The Morgan fingerprint density at radius 2 is 1.31 bits per heavy atom. The van der Waals surface area contributed by atoms with Gasteiger partial charge in [0.05, 0.1) is 12.7 Å². The van der Waals surface area contributed by atoms with E-state index in [1.54, 1.807) is 0 Å². The summed E-state index contributed by atoms with van der Waals surface area (Å²) in [5, 5.41) is 0. The lowest BCUT2D eigenvalue weighted by Crippen LogP contribution is -2.09. The SMILES string of the molecule is CCCCCCCCCCc1cnc(-c2ccc(OCCCCCC(C)OCCCC)cc2)nc1. The molecule has 0 amide bonds. The van der Waals surface area contributed by atoms with Crippen molar-refractivity contribution in [2.24, 2.45) is 0 Å². The highest BCUT2D eigenvalue weighted by Gasteiger charge is 2.04. The molecule has 0 saturated heterocycles. The summed E-state index contributed by atoms with van der Waals surface area (Å²) in [6, 6.07) is 8.16. The van der Waals surface area contributed by atoms with E-state index < -0.39 is 0 Å². The molecule has 0 saturated carbocycles. The van der Waals surface area contributed by atoms with E-state index in [1.165, 1.54) is 76.2 Å². The van der Waals surface area contributed by atoms with Gasteiger partial charge in [-0.25, -0.2) is 9.97 Å². The largest absolute Gasteiger partial charge is 0.494 e.